The number of hydrogen-bond acceptors (Lipinski definition) is 3. The molecule has 0 bridgehead atoms. The summed E-state index contributed by atoms with van der Waals surface area (Å²) in [5.74, 6) is 2.13. The molecule has 4 aromatic carbocycles. The zero-order valence-electron chi connectivity index (χ0n) is 18.7. The Labute approximate surface area is 190 Å². The van der Waals surface area contributed by atoms with Crippen LogP contribution in [0.5, 0.6) is 11.5 Å². The number of fused-ring (bicyclic) bond motifs is 1. The van der Waals surface area contributed by atoms with Gasteiger partial charge < -0.3 is 14.2 Å². The van der Waals surface area contributed by atoms with Crippen molar-refractivity contribution in [3.63, 3.8) is 0 Å². The average Bonchev–Trinajstić information content (AvgIpc) is 2.86. The molecule has 3 heteroatoms. The van der Waals surface area contributed by atoms with E-state index in [1.54, 1.807) is 0 Å². The van der Waals surface area contributed by atoms with Crippen molar-refractivity contribution < 1.29 is 14.2 Å². The van der Waals surface area contributed by atoms with E-state index in [0.29, 0.717) is 12.5 Å². The predicted octanol–water partition coefficient (Wildman–Crippen LogP) is 7.35. The smallest absolute Gasteiger partial charge is 0.234 e. The highest BCUT2D eigenvalue weighted by Crippen LogP contribution is 2.26. The van der Waals surface area contributed by atoms with Crippen molar-refractivity contribution in [3.05, 3.63) is 108 Å². The molecule has 0 aliphatic heterocycles. The highest BCUT2D eigenvalue weighted by atomic mass is 16.7. The van der Waals surface area contributed by atoms with Gasteiger partial charge in [0.1, 0.15) is 11.5 Å². The first kappa shape index (κ1) is 21.9. The SMILES string of the molecule is CCC(C)c1ccc(OC(COc2cccc3ccccc23)OCc2ccccc2)cc1. The first-order valence-electron chi connectivity index (χ1n) is 11.3. The molecule has 0 N–H and O–H groups in total. The topological polar surface area (TPSA) is 27.7 Å². The fourth-order valence-corrected chi connectivity index (χ4v) is 3.62. The molecule has 0 aliphatic carbocycles. The molecule has 4 rings (SSSR count). The zero-order chi connectivity index (χ0) is 22.2. The Morgan fingerprint density at radius 3 is 2.25 bits per heavy atom. The van der Waals surface area contributed by atoms with Crippen LogP contribution in [0.1, 0.15) is 37.3 Å². The van der Waals surface area contributed by atoms with Gasteiger partial charge in [-0.15, -0.1) is 0 Å². The summed E-state index contributed by atoms with van der Waals surface area (Å²) in [5, 5.41) is 2.23. The van der Waals surface area contributed by atoms with Gasteiger partial charge in [0, 0.05) is 5.39 Å². The van der Waals surface area contributed by atoms with Crippen molar-refractivity contribution in [1.29, 1.82) is 0 Å². The average molecular weight is 427 g/mol. The zero-order valence-corrected chi connectivity index (χ0v) is 18.7. The van der Waals surface area contributed by atoms with Gasteiger partial charge in [0.05, 0.1) is 6.61 Å². The Balaban J connectivity index is 1.47. The standard InChI is InChI=1S/C29H30O3/c1-3-22(2)24-16-18-26(19-17-24)32-29(31-20-23-10-5-4-6-11-23)21-30-28-15-9-13-25-12-7-8-14-27(25)28/h4-19,22,29H,3,20-21H2,1-2H3. The molecule has 3 nitrogen and oxygen atoms in total. The largest absolute Gasteiger partial charge is 0.486 e. The highest BCUT2D eigenvalue weighted by Gasteiger charge is 2.14. The van der Waals surface area contributed by atoms with Crippen molar-refractivity contribution in [2.75, 3.05) is 6.61 Å². The van der Waals surface area contributed by atoms with Crippen molar-refractivity contribution >= 4 is 10.8 Å². The van der Waals surface area contributed by atoms with Crippen LogP contribution in [0.2, 0.25) is 0 Å². The van der Waals surface area contributed by atoms with Crippen LogP contribution >= 0.6 is 0 Å². The van der Waals surface area contributed by atoms with Crippen LogP contribution in [0.25, 0.3) is 10.8 Å². The summed E-state index contributed by atoms with van der Waals surface area (Å²) >= 11 is 0. The number of benzene rings is 4. The Morgan fingerprint density at radius 1 is 0.750 bits per heavy atom. The van der Waals surface area contributed by atoms with E-state index in [1.807, 2.05) is 66.7 Å². The molecule has 0 amide bonds. The van der Waals surface area contributed by atoms with E-state index in [9.17, 15) is 0 Å². The second-order valence-corrected chi connectivity index (χ2v) is 8.01. The third-order valence-electron chi connectivity index (χ3n) is 5.73. The first-order chi connectivity index (χ1) is 15.7. The second-order valence-electron chi connectivity index (χ2n) is 8.01. The molecule has 0 heterocycles. The van der Waals surface area contributed by atoms with E-state index in [-0.39, 0.29) is 6.61 Å². The molecule has 4 aromatic rings. The number of rotatable bonds is 10. The lowest BCUT2D eigenvalue weighted by Gasteiger charge is -2.21. The third-order valence-corrected chi connectivity index (χ3v) is 5.73. The van der Waals surface area contributed by atoms with Crippen LogP contribution in [-0.2, 0) is 11.3 Å². The molecule has 164 valence electrons. The molecule has 0 aliphatic rings. The molecule has 0 fully saturated rings. The van der Waals surface area contributed by atoms with Gasteiger partial charge in [-0.05, 0) is 47.1 Å². The molecule has 0 saturated heterocycles. The van der Waals surface area contributed by atoms with Crippen LogP contribution in [0.15, 0.2) is 97.1 Å². The molecule has 0 spiro atoms. The van der Waals surface area contributed by atoms with Gasteiger partial charge in [0.2, 0.25) is 6.29 Å². The molecule has 0 saturated carbocycles. The van der Waals surface area contributed by atoms with Crippen molar-refractivity contribution in [2.24, 2.45) is 0 Å². The van der Waals surface area contributed by atoms with Gasteiger partial charge in [0.15, 0.2) is 6.61 Å². The maximum Gasteiger partial charge on any atom is 0.234 e. The fraction of sp³-hybridized carbons (Fsp3) is 0.241. The van der Waals surface area contributed by atoms with Crippen LogP contribution in [-0.4, -0.2) is 12.9 Å². The summed E-state index contributed by atoms with van der Waals surface area (Å²) in [4.78, 5) is 0. The van der Waals surface area contributed by atoms with Gasteiger partial charge in [0.25, 0.3) is 0 Å². The summed E-state index contributed by atoms with van der Waals surface area (Å²) in [6.45, 7) is 5.18. The summed E-state index contributed by atoms with van der Waals surface area (Å²) in [6.07, 6.45) is 0.575. The minimum absolute atomic E-state index is 0.286. The highest BCUT2D eigenvalue weighted by molar-refractivity contribution is 5.88. The molecule has 0 aromatic heterocycles. The van der Waals surface area contributed by atoms with Crippen LogP contribution in [0.4, 0.5) is 0 Å². The summed E-state index contributed by atoms with van der Waals surface area (Å²) < 4.78 is 18.5. The maximum atomic E-state index is 6.19. The van der Waals surface area contributed by atoms with Crippen LogP contribution < -0.4 is 9.47 Å². The third kappa shape index (κ3) is 5.68. The van der Waals surface area contributed by atoms with Crippen LogP contribution in [0, 0.1) is 0 Å². The molecule has 0 radical (unpaired) electrons. The Kier molecular flexibility index (Phi) is 7.42. The van der Waals surface area contributed by atoms with E-state index in [2.05, 4.69) is 44.2 Å². The second kappa shape index (κ2) is 10.8. The Hall–Kier alpha value is -3.30. The number of hydrogen-bond donors (Lipinski definition) is 0. The Bertz CT molecular complexity index is 1100. The first-order valence-corrected chi connectivity index (χ1v) is 11.3. The van der Waals surface area contributed by atoms with E-state index in [0.717, 1.165) is 34.3 Å². The van der Waals surface area contributed by atoms with E-state index < -0.39 is 6.29 Å². The quantitative estimate of drug-likeness (QED) is 0.248. The molecular weight excluding hydrogens is 396 g/mol. The predicted molar refractivity (Wildman–Crippen MR) is 130 cm³/mol. The lowest BCUT2D eigenvalue weighted by molar-refractivity contribution is -0.109. The van der Waals surface area contributed by atoms with E-state index in [4.69, 9.17) is 14.2 Å². The minimum Gasteiger partial charge on any atom is -0.486 e. The minimum atomic E-state index is -0.538. The summed E-state index contributed by atoms with van der Waals surface area (Å²) in [6, 6.07) is 32.7. The van der Waals surface area contributed by atoms with Gasteiger partial charge in [-0.25, -0.2) is 0 Å². The van der Waals surface area contributed by atoms with Gasteiger partial charge in [-0.1, -0.05) is 92.7 Å². The summed E-state index contributed by atoms with van der Waals surface area (Å²) in [7, 11) is 0. The lowest BCUT2D eigenvalue weighted by atomic mass is 9.99. The Morgan fingerprint density at radius 2 is 1.47 bits per heavy atom. The van der Waals surface area contributed by atoms with Crippen molar-refractivity contribution in [2.45, 2.75) is 39.1 Å². The summed E-state index contributed by atoms with van der Waals surface area (Å²) in [5.41, 5.74) is 2.41. The number of ether oxygens (including phenoxy) is 3. The van der Waals surface area contributed by atoms with Crippen LogP contribution in [0.3, 0.4) is 0 Å². The molecule has 2 atom stereocenters. The molecule has 2 unspecified atom stereocenters. The van der Waals surface area contributed by atoms with Gasteiger partial charge in [-0.2, -0.15) is 0 Å². The monoisotopic (exact) mass is 426 g/mol. The van der Waals surface area contributed by atoms with Crippen molar-refractivity contribution in [3.8, 4) is 11.5 Å². The normalized spacial score (nSPS) is 12.9. The lowest BCUT2D eigenvalue weighted by Crippen LogP contribution is -2.28. The van der Waals surface area contributed by atoms with E-state index >= 15 is 0 Å². The van der Waals surface area contributed by atoms with Crippen molar-refractivity contribution in [1.82, 2.24) is 0 Å². The van der Waals surface area contributed by atoms with Gasteiger partial charge in [-0.3, -0.25) is 0 Å². The fourth-order valence-electron chi connectivity index (χ4n) is 3.62. The molecular formula is C29H30O3. The van der Waals surface area contributed by atoms with Gasteiger partial charge >= 0.3 is 0 Å². The molecule has 32 heavy (non-hydrogen) atoms. The maximum absolute atomic E-state index is 6.19. The van der Waals surface area contributed by atoms with E-state index in [1.165, 1.54) is 5.56 Å².